The molecular weight excluding hydrogens is 459 g/mol. The van der Waals surface area contributed by atoms with Crippen LogP contribution in [0.2, 0.25) is 10.2 Å². The van der Waals surface area contributed by atoms with Crippen LogP contribution in [-0.4, -0.2) is 20.7 Å². The molecule has 6 nitrogen and oxygen atoms in total. The van der Waals surface area contributed by atoms with Gasteiger partial charge in [-0.2, -0.15) is 5.10 Å². The van der Waals surface area contributed by atoms with Gasteiger partial charge in [-0.25, -0.2) is 4.68 Å². The normalized spacial score (nSPS) is 10.8. The quantitative estimate of drug-likeness (QED) is 0.364. The fourth-order valence-electron chi connectivity index (χ4n) is 3.32. The maximum absolute atomic E-state index is 12.8. The van der Waals surface area contributed by atoms with Gasteiger partial charge in [0.25, 0.3) is 5.91 Å². The molecule has 0 saturated carbocycles. The number of aromatic nitrogens is 3. The van der Waals surface area contributed by atoms with Gasteiger partial charge < -0.3 is 10.1 Å². The van der Waals surface area contributed by atoms with Crippen molar-refractivity contribution in [3.63, 3.8) is 0 Å². The number of carbonyl (C=O) groups is 1. The van der Waals surface area contributed by atoms with E-state index in [-0.39, 0.29) is 11.1 Å². The first-order chi connectivity index (χ1) is 16.0. The predicted molar refractivity (Wildman–Crippen MR) is 129 cm³/mol. The Morgan fingerprint density at radius 3 is 2.52 bits per heavy atom. The minimum absolute atomic E-state index is 0.279. The zero-order valence-electron chi connectivity index (χ0n) is 18.0. The molecule has 33 heavy (non-hydrogen) atoms. The second kappa shape index (κ2) is 10.5. The van der Waals surface area contributed by atoms with Crippen LogP contribution >= 0.6 is 23.2 Å². The SMILES string of the molecule is Cc1nn(Cc2ccccc2Cl)c(Cl)c1C(=O)NCc1ccc(OCc2ccccn2)cc1. The lowest BCUT2D eigenvalue weighted by Crippen LogP contribution is -2.23. The molecule has 0 radical (unpaired) electrons. The second-order valence-electron chi connectivity index (χ2n) is 7.44. The van der Waals surface area contributed by atoms with E-state index >= 15 is 0 Å². The summed E-state index contributed by atoms with van der Waals surface area (Å²) in [5, 5.41) is 8.24. The molecule has 1 N–H and O–H groups in total. The number of rotatable bonds is 8. The van der Waals surface area contributed by atoms with E-state index in [1.54, 1.807) is 17.8 Å². The van der Waals surface area contributed by atoms with Crippen LogP contribution in [-0.2, 0) is 19.7 Å². The standard InChI is InChI=1S/C25H22Cl2N4O2/c1-17-23(24(27)31(30-17)15-19-6-2-3-8-22(19)26)25(32)29-14-18-9-11-21(12-10-18)33-16-20-7-4-5-13-28-20/h2-13H,14-16H2,1H3,(H,29,32). The topological polar surface area (TPSA) is 69.0 Å². The summed E-state index contributed by atoms with van der Waals surface area (Å²) in [6.07, 6.45) is 1.74. The summed E-state index contributed by atoms with van der Waals surface area (Å²) < 4.78 is 7.33. The van der Waals surface area contributed by atoms with E-state index in [0.29, 0.717) is 36.0 Å². The molecule has 4 aromatic rings. The molecule has 2 aromatic heterocycles. The van der Waals surface area contributed by atoms with Crippen LogP contribution < -0.4 is 10.1 Å². The van der Waals surface area contributed by atoms with Gasteiger partial charge in [0.1, 0.15) is 17.5 Å². The molecule has 0 spiro atoms. The van der Waals surface area contributed by atoms with Crippen LogP contribution in [0.4, 0.5) is 0 Å². The lowest BCUT2D eigenvalue weighted by molar-refractivity contribution is 0.0950. The van der Waals surface area contributed by atoms with Gasteiger partial charge in [-0.1, -0.05) is 59.6 Å². The van der Waals surface area contributed by atoms with Crippen LogP contribution in [0.1, 0.15) is 32.9 Å². The van der Waals surface area contributed by atoms with E-state index in [2.05, 4.69) is 15.4 Å². The Hall–Kier alpha value is -3.35. The molecule has 2 aromatic carbocycles. The molecule has 0 atom stereocenters. The molecular formula is C25H22Cl2N4O2. The monoisotopic (exact) mass is 480 g/mol. The van der Waals surface area contributed by atoms with Crippen molar-refractivity contribution in [2.24, 2.45) is 0 Å². The van der Waals surface area contributed by atoms with Crippen molar-refractivity contribution in [1.29, 1.82) is 0 Å². The van der Waals surface area contributed by atoms with Gasteiger partial charge in [-0.05, 0) is 48.4 Å². The van der Waals surface area contributed by atoms with Crippen molar-refractivity contribution >= 4 is 29.1 Å². The Kier molecular flexibility index (Phi) is 7.27. The maximum Gasteiger partial charge on any atom is 0.256 e. The number of nitrogens with one attached hydrogen (secondary N) is 1. The number of carbonyl (C=O) groups excluding carboxylic acids is 1. The number of halogens is 2. The molecule has 0 aliphatic rings. The Morgan fingerprint density at radius 2 is 1.79 bits per heavy atom. The third-order valence-corrected chi connectivity index (χ3v) is 5.81. The van der Waals surface area contributed by atoms with Gasteiger partial charge in [0.05, 0.1) is 23.5 Å². The number of hydrogen-bond donors (Lipinski definition) is 1. The van der Waals surface area contributed by atoms with E-state index in [4.69, 9.17) is 27.9 Å². The van der Waals surface area contributed by atoms with Crippen LogP contribution in [0.3, 0.4) is 0 Å². The second-order valence-corrected chi connectivity index (χ2v) is 8.20. The highest BCUT2D eigenvalue weighted by atomic mass is 35.5. The summed E-state index contributed by atoms with van der Waals surface area (Å²) in [5.41, 5.74) is 3.59. The highest BCUT2D eigenvalue weighted by Crippen LogP contribution is 2.23. The van der Waals surface area contributed by atoms with Crippen molar-refractivity contribution in [2.75, 3.05) is 0 Å². The number of hydrogen-bond acceptors (Lipinski definition) is 4. The fourth-order valence-corrected chi connectivity index (χ4v) is 3.83. The molecule has 1 amide bonds. The van der Waals surface area contributed by atoms with Gasteiger partial charge in [-0.3, -0.25) is 9.78 Å². The first kappa shape index (κ1) is 22.8. The molecule has 0 aliphatic heterocycles. The Labute approximate surface area is 202 Å². The average molecular weight is 481 g/mol. The van der Waals surface area contributed by atoms with Crippen LogP contribution in [0.25, 0.3) is 0 Å². The fraction of sp³-hybridized carbons (Fsp3) is 0.160. The van der Waals surface area contributed by atoms with E-state index in [1.807, 2.05) is 66.7 Å². The van der Waals surface area contributed by atoms with Crippen molar-refractivity contribution in [1.82, 2.24) is 20.1 Å². The summed E-state index contributed by atoms with van der Waals surface area (Å²) >= 11 is 12.7. The largest absolute Gasteiger partial charge is 0.487 e. The van der Waals surface area contributed by atoms with Crippen molar-refractivity contribution in [3.05, 3.63) is 111 Å². The maximum atomic E-state index is 12.8. The van der Waals surface area contributed by atoms with Gasteiger partial charge in [0.2, 0.25) is 0 Å². The average Bonchev–Trinajstić information content (AvgIpc) is 3.11. The van der Waals surface area contributed by atoms with Crippen molar-refractivity contribution in [3.8, 4) is 5.75 Å². The smallest absolute Gasteiger partial charge is 0.256 e. The first-order valence-corrected chi connectivity index (χ1v) is 11.1. The Morgan fingerprint density at radius 1 is 1.03 bits per heavy atom. The molecule has 168 valence electrons. The predicted octanol–water partition coefficient (Wildman–Crippen LogP) is 5.45. The minimum atomic E-state index is -0.279. The molecule has 2 heterocycles. The zero-order chi connectivity index (χ0) is 23.2. The van der Waals surface area contributed by atoms with E-state index in [0.717, 1.165) is 22.6 Å². The zero-order valence-corrected chi connectivity index (χ0v) is 19.5. The summed E-state index contributed by atoms with van der Waals surface area (Å²) in [7, 11) is 0. The molecule has 4 rings (SSSR count). The molecule has 0 aliphatic carbocycles. The third-order valence-electron chi connectivity index (χ3n) is 5.06. The molecule has 0 saturated heterocycles. The van der Waals surface area contributed by atoms with Crippen LogP contribution in [0.5, 0.6) is 5.75 Å². The van der Waals surface area contributed by atoms with E-state index < -0.39 is 0 Å². The lowest BCUT2D eigenvalue weighted by Gasteiger charge is -2.08. The van der Waals surface area contributed by atoms with E-state index in [9.17, 15) is 4.79 Å². The van der Waals surface area contributed by atoms with Gasteiger partial charge >= 0.3 is 0 Å². The first-order valence-electron chi connectivity index (χ1n) is 10.4. The van der Waals surface area contributed by atoms with Crippen LogP contribution in [0.15, 0.2) is 72.9 Å². The highest BCUT2D eigenvalue weighted by molar-refractivity contribution is 6.33. The molecule has 0 fully saturated rings. The summed E-state index contributed by atoms with van der Waals surface area (Å²) in [4.78, 5) is 17.0. The Balaban J connectivity index is 1.36. The van der Waals surface area contributed by atoms with Gasteiger partial charge in [-0.15, -0.1) is 0 Å². The van der Waals surface area contributed by atoms with Gasteiger partial charge in [0.15, 0.2) is 0 Å². The highest BCUT2D eigenvalue weighted by Gasteiger charge is 2.20. The summed E-state index contributed by atoms with van der Waals surface area (Å²) in [6, 6.07) is 20.7. The summed E-state index contributed by atoms with van der Waals surface area (Å²) in [5.74, 6) is 0.453. The van der Waals surface area contributed by atoms with Crippen molar-refractivity contribution in [2.45, 2.75) is 26.6 Å². The number of pyridine rings is 1. The van der Waals surface area contributed by atoms with E-state index in [1.165, 1.54) is 0 Å². The number of ether oxygens (including phenoxy) is 1. The third kappa shape index (κ3) is 5.72. The number of amides is 1. The van der Waals surface area contributed by atoms with Crippen LogP contribution in [0, 0.1) is 6.92 Å². The minimum Gasteiger partial charge on any atom is -0.487 e. The molecule has 0 unspecified atom stereocenters. The summed E-state index contributed by atoms with van der Waals surface area (Å²) in [6.45, 7) is 2.89. The molecule has 0 bridgehead atoms. The van der Waals surface area contributed by atoms with Crippen molar-refractivity contribution < 1.29 is 9.53 Å². The number of aryl methyl sites for hydroxylation is 1. The number of nitrogens with zero attached hydrogens (tertiary/aromatic N) is 3. The van der Waals surface area contributed by atoms with Gasteiger partial charge in [0, 0.05) is 17.8 Å². The Bertz CT molecular complexity index is 1240. The molecule has 8 heteroatoms. The number of benzene rings is 2. The lowest BCUT2D eigenvalue weighted by atomic mass is 10.2.